The Balaban J connectivity index is 1.57. The zero-order valence-electron chi connectivity index (χ0n) is 18.7. The fraction of sp³-hybridized carbons (Fsp3) is 0.565. The summed E-state index contributed by atoms with van der Waals surface area (Å²) >= 11 is 0. The number of hydrogen-bond donors (Lipinski definition) is 3. The van der Waals surface area contributed by atoms with Crippen molar-refractivity contribution >= 4 is 19.2 Å². The first-order valence-electron chi connectivity index (χ1n) is 11.3. The maximum Gasteiger partial charge on any atom is 0.547 e. The molecule has 1 aliphatic heterocycles. The lowest BCUT2D eigenvalue weighted by atomic mass is 9.72. The topological polar surface area (TPSA) is 124 Å². The number of carbonyl (C=O) groups excluding carboxylic acids is 2. The molecule has 10 heteroatoms. The molecule has 1 saturated carbocycles. The molecule has 0 spiro atoms. The summed E-state index contributed by atoms with van der Waals surface area (Å²) in [6.07, 6.45) is 7.16. The number of amides is 1. The van der Waals surface area contributed by atoms with Crippen LogP contribution in [0.25, 0.3) is 0 Å². The molecule has 9 nitrogen and oxygen atoms in total. The van der Waals surface area contributed by atoms with E-state index in [2.05, 4.69) is 11.2 Å². The number of terminal acetylenes is 1. The third kappa shape index (κ3) is 7.12. The second-order valence-electron chi connectivity index (χ2n) is 8.23. The van der Waals surface area contributed by atoms with Gasteiger partial charge in [0, 0.05) is 18.4 Å². The smallest absolute Gasteiger partial charge is 0.534 e. The summed E-state index contributed by atoms with van der Waals surface area (Å²) in [4.78, 5) is 23.9. The molecule has 1 aromatic carbocycles. The predicted molar refractivity (Wildman–Crippen MR) is 119 cm³/mol. The minimum Gasteiger partial charge on any atom is -0.534 e. The van der Waals surface area contributed by atoms with Gasteiger partial charge in [0.2, 0.25) is 12.2 Å². The summed E-state index contributed by atoms with van der Waals surface area (Å²) in [6.45, 7) is 1.47. The zero-order valence-corrected chi connectivity index (χ0v) is 18.7. The van der Waals surface area contributed by atoms with E-state index in [9.17, 15) is 19.7 Å². The van der Waals surface area contributed by atoms with Crippen molar-refractivity contribution in [3.8, 4) is 18.1 Å². The highest BCUT2D eigenvalue weighted by molar-refractivity contribution is 6.46. The molecule has 1 fully saturated rings. The fourth-order valence-corrected chi connectivity index (χ4v) is 4.00. The molecule has 1 aliphatic carbocycles. The van der Waals surface area contributed by atoms with Crippen LogP contribution in [0, 0.1) is 12.3 Å². The van der Waals surface area contributed by atoms with Gasteiger partial charge in [-0.15, -0.1) is 12.3 Å². The number of fused-ring (bicyclic) bond motifs is 1. The number of carbonyl (C=O) groups is 2. The Kier molecular flexibility index (Phi) is 9.00. The van der Waals surface area contributed by atoms with Gasteiger partial charge in [0.1, 0.15) is 11.9 Å². The Bertz CT molecular complexity index is 867. The molecule has 33 heavy (non-hydrogen) atoms. The van der Waals surface area contributed by atoms with Crippen LogP contribution >= 0.6 is 0 Å². The molecular weight excluding hydrogens is 429 g/mol. The Labute approximate surface area is 193 Å². The van der Waals surface area contributed by atoms with Crippen molar-refractivity contribution in [2.24, 2.45) is 0 Å². The zero-order chi connectivity index (χ0) is 23.8. The normalized spacial score (nSPS) is 19.9. The summed E-state index contributed by atoms with van der Waals surface area (Å²) in [7, 11) is -1.32. The van der Waals surface area contributed by atoms with Gasteiger partial charge in [-0.05, 0) is 44.6 Å². The van der Waals surface area contributed by atoms with Crippen LogP contribution in [0.1, 0.15) is 69.3 Å². The van der Waals surface area contributed by atoms with Crippen molar-refractivity contribution in [1.82, 2.24) is 5.32 Å². The number of benzene rings is 1. The Morgan fingerprint density at radius 2 is 2.09 bits per heavy atom. The molecule has 1 heterocycles. The summed E-state index contributed by atoms with van der Waals surface area (Å²) < 4.78 is 21.4. The molecule has 0 aromatic heterocycles. The monoisotopic (exact) mass is 459 g/mol. The Hall–Kier alpha value is -2.74. The van der Waals surface area contributed by atoms with Crippen LogP contribution in [0.4, 0.5) is 4.79 Å². The highest BCUT2D eigenvalue weighted by atomic mass is 16.8. The first-order chi connectivity index (χ1) is 15.9. The van der Waals surface area contributed by atoms with Crippen molar-refractivity contribution in [3.05, 3.63) is 29.3 Å². The van der Waals surface area contributed by atoms with E-state index in [1.54, 1.807) is 18.2 Å². The molecule has 0 saturated heterocycles. The number of para-hydroxylation sites is 1. The molecule has 2 aliphatic rings. The lowest BCUT2D eigenvalue weighted by molar-refractivity contribution is -0.211. The van der Waals surface area contributed by atoms with Crippen molar-refractivity contribution < 1.29 is 38.6 Å². The average molecular weight is 459 g/mol. The van der Waals surface area contributed by atoms with Crippen molar-refractivity contribution in [3.63, 3.8) is 0 Å². The largest absolute Gasteiger partial charge is 0.547 e. The van der Waals surface area contributed by atoms with Crippen LogP contribution in [-0.2, 0) is 25.4 Å². The van der Waals surface area contributed by atoms with Crippen LogP contribution < -0.4 is 9.97 Å². The first kappa shape index (κ1) is 24.9. The maximum atomic E-state index is 12.0. The highest BCUT2D eigenvalue weighted by Gasteiger charge is 2.38. The molecule has 0 radical (unpaired) electrons. The second kappa shape index (κ2) is 11.9. The fourth-order valence-electron chi connectivity index (χ4n) is 4.00. The minimum atomic E-state index is -1.48. The van der Waals surface area contributed by atoms with Gasteiger partial charge in [0.15, 0.2) is 6.29 Å². The van der Waals surface area contributed by atoms with Crippen molar-refractivity contribution in [1.29, 1.82) is 0 Å². The van der Waals surface area contributed by atoms with Crippen molar-refractivity contribution in [2.75, 3.05) is 0 Å². The van der Waals surface area contributed by atoms with E-state index in [1.807, 2.05) is 0 Å². The molecule has 1 amide bonds. The Morgan fingerprint density at radius 3 is 2.82 bits per heavy atom. The lowest BCUT2D eigenvalue weighted by Gasteiger charge is -2.30. The predicted octanol–water partition coefficient (Wildman–Crippen LogP) is 2.38. The number of aliphatic hydroxyl groups is 1. The Morgan fingerprint density at radius 1 is 1.33 bits per heavy atom. The summed E-state index contributed by atoms with van der Waals surface area (Å²) in [5, 5.41) is 23.6. The van der Waals surface area contributed by atoms with Crippen LogP contribution in [0.2, 0.25) is 0 Å². The summed E-state index contributed by atoms with van der Waals surface area (Å²) in [5.74, 6) is 1.71. The molecule has 3 N–H and O–H groups in total. The molecule has 3 atom stereocenters. The van der Waals surface area contributed by atoms with Gasteiger partial charge in [0.25, 0.3) is 0 Å². The molecule has 3 rings (SSSR count). The molecule has 1 aromatic rings. The van der Waals surface area contributed by atoms with E-state index in [1.165, 1.54) is 6.92 Å². The van der Waals surface area contributed by atoms with Crippen LogP contribution in [0.5, 0.6) is 5.75 Å². The number of nitrogens with one attached hydrogen (secondary N) is 1. The number of hydrogen-bond acceptors (Lipinski definition) is 8. The molecule has 2 unspecified atom stereocenters. The van der Waals surface area contributed by atoms with Crippen LogP contribution in [0.3, 0.4) is 0 Å². The SMILES string of the molecule is C#CCCC(=O)N[C@H]1Cc2cccc(C(O)OC(C)OC(=O)OC3CCCCC3)c2OB1O. The van der Waals surface area contributed by atoms with E-state index >= 15 is 0 Å². The average Bonchev–Trinajstić information content (AvgIpc) is 2.78. The van der Waals surface area contributed by atoms with Crippen molar-refractivity contribution in [2.45, 2.75) is 82.9 Å². The van der Waals surface area contributed by atoms with E-state index < -0.39 is 31.8 Å². The minimum absolute atomic E-state index is 0.153. The third-order valence-corrected chi connectivity index (χ3v) is 5.66. The van der Waals surface area contributed by atoms with Gasteiger partial charge < -0.3 is 34.3 Å². The van der Waals surface area contributed by atoms with Crippen LogP contribution in [-0.4, -0.2) is 47.6 Å². The van der Waals surface area contributed by atoms with Gasteiger partial charge in [0.05, 0.1) is 5.94 Å². The standard InChI is InChI=1S/C23H30BNO8/c1-3-4-13-20(26)25-19-14-16-9-8-12-18(21(16)33-24(19)29)22(27)30-15(2)31-23(28)32-17-10-6-5-7-11-17/h1,8-9,12,15,17,19,22,27,29H,4-7,10-11,13-14H2,2H3,(H,25,26)/t15?,19-,22?/m0/s1. The lowest BCUT2D eigenvalue weighted by Crippen LogP contribution is -2.53. The number of rotatable bonds is 8. The molecule has 178 valence electrons. The maximum absolute atomic E-state index is 12.0. The van der Waals surface area contributed by atoms with E-state index in [0.717, 1.165) is 32.1 Å². The van der Waals surface area contributed by atoms with Gasteiger partial charge >= 0.3 is 13.3 Å². The number of ether oxygens (including phenoxy) is 3. The van der Waals surface area contributed by atoms with Gasteiger partial charge in [-0.1, -0.05) is 24.6 Å². The third-order valence-electron chi connectivity index (χ3n) is 5.66. The molecular formula is C23H30BNO8. The number of aliphatic hydroxyl groups excluding tert-OH is 1. The highest BCUT2D eigenvalue weighted by Crippen LogP contribution is 2.35. The van der Waals surface area contributed by atoms with E-state index in [0.29, 0.717) is 18.4 Å². The summed E-state index contributed by atoms with van der Waals surface area (Å²) in [5.41, 5.74) is 0.938. The molecule has 0 bridgehead atoms. The van der Waals surface area contributed by atoms with Gasteiger partial charge in [-0.25, -0.2) is 4.79 Å². The summed E-state index contributed by atoms with van der Waals surface area (Å²) in [6, 6.07) is 5.04. The quantitative estimate of drug-likeness (QED) is 0.234. The first-order valence-corrected chi connectivity index (χ1v) is 11.3. The van der Waals surface area contributed by atoms with Gasteiger partial charge in [-0.2, -0.15) is 0 Å². The second-order valence-corrected chi connectivity index (χ2v) is 8.23. The van der Waals surface area contributed by atoms with Crippen LogP contribution in [0.15, 0.2) is 18.2 Å². The van der Waals surface area contributed by atoms with E-state index in [4.69, 9.17) is 25.3 Å². The van der Waals surface area contributed by atoms with E-state index in [-0.39, 0.29) is 29.7 Å². The van der Waals surface area contributed by atoms with Gasteiger partial charge in [-0.3, -0.25) is 4.79 Å².